The number of likely N-dealkylation sites (tertiary alicyclic amines) is 2. The average Bonchev–Trinajstić information content (AvgIpc) is 3.30. The van der Waals surface area contributed by atoms with Gasteiger partial charge in [-0.05, 0) is 56.3 Å². The molecule has 1 saturated carbocycles. The molecule has 3 aliphatic rings. The molecule has 2 heterocycles. The topological polar surface area (TPSA) is 32.8 Å². The van der Waals surface area contributed by atoms with Gasteiger partial charge in [0.05, 0.1) is 12.5 Å². The minimum atomic E-state index is -0.111. The van der Waals surface area contributed by atoms with Gasteiger partial charge in [-0.25, -0.2) is 0 Å². The van der Waals surface area contributed by atoms with Gasteiger partial charge < -0.3 is 9.64 Å². The Bertz CT molecular complexity index is 626. The van der Waals surface area contributed by atoms with E-state index >= 15 is 0 Å². The zero-order chi connectivity index (χ0) is 17.3. The number of ether oxygens (including phenoxy) is 1. The van der Waals surface area contributed by atoms with Crippen LogP contribution in [0.25, 0.3) is 0 Å². The Hall–Kier alpha value is -1.55. The maximum atomic E-state index is 13.3. The van der Waals surface area contributed by atoms with Gasteiger partial charge in [0.15, 0.2) is 0 Å². The van der Waals surface area contributed by atoms with Gasteiger partial charge in [-0.15, -0.1) is 0 Å². The third kappa shape index (κ3) is 3.29. The largest absolute Gasteiger partial charge is 0.497 e. The molecule has 0 aromatic heterocycles. The van der Waals surface area contributed by atoms with Crippen molar-refractivity contribution in [2.45, 2.75) is 57.5 Å². The van der Waals surface area contributed by atoms with E-state index in [0.717, 1.165) is 56.3 Å². The molecule has 1 amide bonds. The van der Waals surface area contributed by atoms with Crippen LogP contribution in [0.1, 0.15) is 50.5 Å². The molecule has 4 rings (SSSR count). The molecular formula is C21H30N2O2. The summed E-state index contributed by atoms with van der Waals surface area (Å²) in [6.07, 6.45) is 8.65. The minimum Gasteiger partial charge on any atom is -0.497 e. The summed E-state index contributed by atoms with van der Waals surface area (Å²) in [5, 5.41) is 0. The predicted octanol–water partition coefficient (Wildman–Crippen LogP) is 3.45. The average molecular weight is 342 g/mol. The van der Waals surface area contributed by atoms with E-state index in [2.05, 4.69) is 15.9 Å². The van der Waals surface area contributed by atoms with Gasteiger partial charge in [0, 0.05) is 25.7 Å². The molecular weight excluding hydrogens is 312 g/mol. The van der Waals surface area contributed by atoms with Gasteiger partial charge in [0.1, 0.15) is 5.75 Å². The van der Waals surface area contributed by atoms with Crippen molar-refractivity contribution in [2.75, 3.05) is 26.7 Å². The van der Waals surface area contributed by atoms with E-state index in [1.807, 2.05) is 18.2 Å². The number of carbonyl (C=O) groups excluding carboxylic acids is 1. The first kappa shape index (κ1) is 16.9. The van der Waals surface area contributed by atoms with E-state index in [4.69, 9.17) is 4.74 Å². The smallest absolute Gasteiger partial charge is 0.230 e. The van der Waals surface area contributed by atoms with E-state index in [1.165, 1.54) is 25.7 Å². The summed E-state index contributed by atoms with van der Waals surface area (Å²) in [5.41, 5.74) is 1.05. The second kappa shape index (κ2) is 6.99. The predicted molar refractivity (Wildman–Crippen MR) is 98.5 cm³/mol. The molecule has 1 aromatic carbocycles. The number of piperidine rings is 1. The Balaban J connectivity index is 1.45. The Kier molecular flexibility index (Phi) is 4.72. The lowest BCUT2D eigenvalue weighted by atomic mass is 9.78. The Labute approximate surface area is 151 Å². The van der Waals surface area contributed by atoms with Crippen LogP contribution in [0.2, 0.25) is 0 Å². The lowest BCUT2D eigenvalue weighted by Gasteiger charge is -2.40. The van der Waals surface area contributed by atoms with Crippen LogP contribution in [-0.2, 0) is 11.3 Å². The number of rotatable bonds is 4. The van der Waals surface area contributed by atoms with E-state index in [-0.39, 0.29) is 5.41 Å². The standard InChI is InChI=1S/C21H30N2O2/c1-25-19-9-4-6-17(14-19)15-22-12-5-10-21(20(22)24)11-13-23(16-21)18-7-2-3-8-18/h4,6,9,14,18H,2-3,5,7-8,10-13,15-16H2,1H3. The number of carbonyl (C=O) groups is 1. The first-order valence-corrected chi connectivity index (χ1v) is 9.87. The summed E-state index contributed by atoms with van der Waals surface area (Å²) >= 11 is 0. The molecule has 0 radical (unpaired) electrons. The fourth-order valence-corrected chi connectivity index (χ4v) is 5.16. The van der Waals surface area contributed by atoms with Crippen molar-refractivity contribution in [1.82, 2.24) is 9.80 Å². The van der Waals surface area contributed by atoms with E-state index in [9.17, 15) is 4.79 Å². The zero-order valence-electron chi connectivity index (χ0n) is 15.4. The summed E-state index contributed by atoms with van der Waals surface area (Å²) in [5.74, 6) is 1.26. The fraction of sp³-hybridized carbons (Fsp3) is 0.667. The van der Waals surface area contributed by atoms with Crippen molar-refractivity contribution in [1.29, 1.82) is 0 Å². The van der Waals surface area contributed by atoms with E-state index in [1.54, 1.807) is 7.11 Å². The van der Waals surface area contributed by atoms with E-state index < -0.39 is 0 Å². The highest BCUT2D eigenvalue weighted by Crippen LogP contribution is 2.42. The number of benzene rings is 1. The summed E-state index contributed by atoms with van der Waals surface area (Å²) in [7, 11) is 1.69. The zero-order valence-corrected chi connectivity index (χ0v) is 15.4. The molecule has 25 heavy (non-hydrogen) atoms. The lowest BCUT2D eigenvalue weighted by Crippen LogP contribution is -2.50. The molecule has 1 unspecified atom stereocenters. The maximum absolute atomic E-state index is 13.3. The highest BCUT2D eigenvalue weighted by Gasteiger charge is 2.49. The Morgan fingerprint density at radius 1 is 1.16 bits per heavy atom. The minimum absolute atomic E-state index is 0.111. The van der Waals surface area contributed by atoms with Crippen LogP contribution in [0, 0.1) is 5.41 Å². The SMILES string of the molecule is COc1cccc(CN2CCCC3(CCN(C4CCCC4)C3)C2=O)c1. The van der Waals surface area contributed by atoms with Gasteiger partial charge in [-0.1, -0.05) is 25.0 Å². The summed E-state index contributed by atoms with van der Waals surface area (Å²) in [6, 6.07) is 8.85. The van der Waals surface area contributed by atoms with Crippen molar-refractivity contribution in [2.24, 2.45) is 5.41 Å². The maximum Gasteiger partial charge on any atom is 0.230 e. The normalized spacial score (nSPS) is 28.2. The van der Waals surface area contributed by atoms with Crippen molar-refractivity contribution in [3.05, 3.63) is 29.8 Å². The van der Waals surface area contributed by atoms with Gasteiger partial charge >= 0.3 is 0 Å². The number of hydrogen-bond donors (Lipinski definition) is 0. The molecule has 2 aliphatic heterocycles. The van der Waals surface area contributed by atoms with Crippen LogP contribution in [0.4, 0.5) is 0 Å². The quantitative estimate of drug-likeness (QED) is 0.840. The summed E-state index contributed by atoms with van der Waals surface area (Å²) < 4.78 is 5.33. The molecule has 136 valence electrons. The van der Waals surface area contributed by atoms with Crippen molar-refractivity contribution in [3.8, 4) is 5.75 Å². The van der Waals surface area contributed by atoms with Crippen LogP contribution in [-0.4, -0.2) is 48.5 Å². The molecule has 1 spiro atoms. The molecule has 1 aliphatic carbocycles. The monoisotopic (exact) mass is 342 g/mol. The summed E-state index contributed by atoms with van der Waals surface area (Å²) in [4.78, 5) is 18.1. The van der Waals surface area contributed by atoms with Gasteiger partial charge in [-0.3, -0.25) is 9.69 Å². The molecule has 4 heteroatoms. The van der Waals surface area contributed by atoms with Crippen molar-refractivity contribution < 1.29 is 9.53 Å². The second-order valence-corrected chi connectivity index (χ2v) is 8.12. The summed E-state index contributed by atoms with van der Waals surface area (Å²) in [6.45, 7) is 3.71. The molecule has 3 fully saturated rings. The Morgan fingerprint density at radius 3 is 2.80 bits per heavy atom. The van der Waals surface area contributed by atoms with E-state index in [0.29, 0.717) is 12.5 Å². The van der Waals surface area contributed by atoms with Crippen LogP contribution >= 0.6 is 0 Å². The highest BCUT2D eigenvalue weighted by atomic mass is 16.5. The highest BCUT2D eigenvalue weighted by molar-refractivity contribution is 5.84. The lowest BCUT2D eigenvalue weighted by molar-refractivity contribution is -0.146. The third-order valence-electron chi connectivity index (χ3n) is 6.56. The van der Waals surface area contributed by atoms with Crippen LogP contribution < -0.4 is 4.74 Å². The Morgan fingerprint density at radius 2 is 2.00 bits per heavy atom. The van der Waals surface area contributed by atoms with Crippen LogP contribution in [0.15, 0.2) is 24.3 Å². The first-order valence-electron chi connectivity index (χ1n) is 9.87. The molecule has 1 aromatic rings. The van der Waals surface area contributed by atoms with Crippen molar-refractivity contribution in [3.63, 3.8) is 0 Å². The molecule has 0 bridgehead atoms. The molecule has 0 N–H and O–H groups in total. The van der Waals surface area contributed by atoms with Crippen LogP contribution in [0.5, 0.6) is 5.75 Å². The molecule has 2 saturated heterocycles. The van der Waals surface area contributed by atoms with Crippen LogP contribution in [0.3, 0.4) is 0 Å². The number of amides is 1. The number of methoxy groups -OCH3 is 1. The second-order valence-electron chi connectivity index (χ2n) is 8.12. The number of hydrogen-bond acceptors (Lipinski definition) is 3. The third-order valence-corrected chi connectivity index (χ3v) is 6.56. The number of nitrogens with zero attached hydrogens (tertiary/aromatic N) is 2. The first-order chi connectivity index (χ1) is 12.2. The molecule has 1 atom stereocenters. The van der Waals surface area contributed by atoms with Gasteiger partial charge in [0.2, 0.25) is 5.91 Å². The van der Waals surface area contributed by atoms with Gasteiger partial charge in [0.25, 0.3) is 0 Å². The molecule has 4 nitrogen and oxygen atoms in total. The van der Waals surface area contributed by atoms with Gasteiger partial charge in [-0.2, -0.15) is 0 Å². The fourth-order valence-electron chi connectivity index (χ4n) is 5.16. The van der Waals surface area contributed by atoms with Crippen molar-refractivity contribution >= 4 is 5.91 Å².